The fourth-order valence-electron chi connectivity index (χ4n) is 2.65. The molecular formula is C21H25N3O4S. The highest BCUT2D eigenvalue weighted by molar-refractivity contribution is 7.98. The van der Waals surface area contributed by atoms with Crippen LogP contribution in [0.4, 0.5) is 4.79 Å². The van der Waals surface area contributed by atoms with Crippen LogP contribution in [-0.2, 0) is 27.3 Å². The number of amides is 3. The second-order valence-corrected chi connectivity index (χ2v) is 7.34. The summed E-state index contributed by atoms with van der Waals surface area (Å²) in [6, 6.07) is 15.2. The van der Waals surface area contributed by atoms with Crippen molar-refractivity contribution < 1.29 is 19.1 Å². The Hall–Kier alpha value is -3.00. The molecule has 2 rings (SSSR count). The van der Waals surface area contributed by atoms with Crippen LogP contribution in [0, 0.1) is 0 Å². The zero-order chi connectivity index (χ0) is 21.2. The van der Waals surface area contributed by atoms with Gasteiger partial charge in [0.25, 0.3) is 5.91 Å². The third-order valence-corrected chi connectivity index (χ3v) is 4.97. The lowest BCUT2D eigenvalue weighted by Crippen LogP contribution is -2.46. The smallest absolute Gasteiger partial charge is 0.329 e. The molecule has 0 saturated carbocycles. The molecule has 29 heavy (non-hydrogen) atoms. The fourth-order valence-corrected chi connectivity index (χ4v) is 3.06. The molecule has 2 aromatic rings. The maximum Gasteiger partial charge on any atom is 0.329 e. The Balaban J connectivity index is 1.89. The number of carbonyl (C=O) groups excluding carboxylic acids is 3. The van der Waals surface area contributed by atoms with Gasteiger partial charge in [-0.2, -0.15) is 0 Å². The van der Waals surface area contributed by atoms with Crippen molar-refractivity contribution in [2.45, 2.75) is 23.9 Å². The largest absolute Gasteiger partial charge is 0.454 e. The number of benzene rings is 2. The summed E-state index contributed by atoms with van der Waals surface area (Å²) in [6.07, 6.45) is 2.21. The topological polar surface area (TPSA) is 102 Å². The van der Waals surface area contributed by atoms with E-state index in [9.17, 15) is 14.4 Å². The number of thioether (sulfide) groups is 1. The molecule has 0 radical (unpaired) electrons. The van der Waals surface area contributed by atoms with Gasteiger partial charge in [-0.1, -0.05) is 42.5 Å². The van der Waals surface area contributed by atoms with Gasteiger partial charge in [0.2, 0.25) is 0 Å². The van der Waals surface area contributed by atoms with Crippen LogP contribution >= 0.6 is 11.8 Å². The van der Waals surface area contributed by atoms with Crippen molar-refractivity contribution in [2.75, 3.05) is 19.9 Å². The lowest BCUT2D eigenvalue weighted by atomic mass is 10.1. The quantitative estimate of drug-likeness (QED) is 0.483. The van der Waals surface area contributed by atoms with Crippen LogP contribution in [0.5, 0.6) is 0 Å². The molecule has 2 aromatic carbocycles. The van der Waals surface area contributed by atoms with E-state index in [4.69, 9.17) is 10.5 Å². The summed E-state index contributed by atoms with van der Waals surface area (Å²) in [5, 5.41) is 2.37. The summed E-state index contributed by atoms with van der Waals surface area (Å²) in [6.45, 7) is -0.0119. The molecule has 7 nitrogen and oxygen atoms in total. The molecule has 0 saturated heterocycles. The summed E-state index contributed by atoms with van der Waals surface area (Å²) >= 11 is 1.64. The van der Waals surface area contributed by atoms with Crippen molar-refractivity contribution in [3.8, 4) is 0 Å². The first-order valence-electron chi connectivity index (χ1n) is 9.02. The third kappa shape index (κ3) is 7.50. The van der Waals surface area contributed by atoms with Gasteiger partial charge in [0.15, 0.2) is 6.61 Å². The normalized spacial score (nSPS) is 11.4. The number of urea groups is 1. The standard InChI is InChI=1S/C21H25N3O4S/c1-24(13-16-8-10-17(29-2)11-9-16)19(25)14-28-20(26)18(23-21(22)27)12-15-6-4-3-5-7-15/h3-11,18H,12-14H2,1-2H3,(H3,22,23,27)/t18-/m0/s1. The molecule has 0 aliphatic heterocycles. The maximum absolute atomic E-state index is 12.4. The Morgan fingerprint density at radius 3 is 2.31 bits per heavy atom. The SMILES string of the molecule is CSc1ccc(CN(C)C(=O)COC(=O)[C@H](Cc2ccccc2)NC(N)=O)cc1. The first-order chi connectivity index (χ1) is 13.9. The van der Waals surface area contributed by atoms with Gasteiger partial charge in [0.1, 0.15) is 6.04 Å². The second-order valence-electron chi connectivity index (χ2n) is 6.46. The summed E-state index contributed by atoms with van der Waals surface area (Å²) < 4.78 is 5.13. The van der Waals surface area contributed by atoms with E-state index in [0.717, 1.165) is 16.0 Å². The summed E-state index contributed by atoms with van der Waals surface area (Å²) in [5.41, 5.74) is 6.97. The number of primary amides is 1. The predicted octanol–water partition coefficient (Wildman–Crippen LogP) is 2.19. The number of nitrogens with zero attached hydrogens (tertiary/aromatic N) is 1. The monoisotopic (exact) mass is 415 g/mol. The highest BCUT2D eigenvalue weighted by Crippen LogP contribution is 2.15. The molecule has 0 aliphatic rings. The number of nitrogens with two attached hydrogens (primary N) is 1. The number of hydrogen-bond donors (Lipinski definition) is 2. The molecule has 0 bridgehead atoms. The van der Waals surface area contributed by atoms with Crippen LogP contribution in [0.15, 0.2) is 59.5 Å². The predicted molar refractivity (Wildman–Crippen MR) is 112 cm³/mol. The second kappa shape index (κ2) is 11.1. The van der Waals surface area contributed by atoms with Gasteiger partial charge in [-0.3, -0.25) is 4.79 Å². The van der Waals surface area contributed by atoms with E-state index in [2.05, 4.69) is 5.32 Å². The lowest BCUT2D eigenvalue weighted by Gasteiger charge is -2.20. The molecule has 3 N–H and O–H groups in total. The number of nitrogens with one attached hydrogen (secondary N) is 1. The highest BCUT2D eigenvalue weighted by Gasteiger charge is 2.23. The molecule has 0 fully saturated rings. The zero-order valence-corrected chi connectivity index (χ0v) is 17.3. The molecule has 0 unspecified atom stereocenters. The van der Waals surface area contributed by atoms with Crippen molar-refractivity contribution in [3.05, 3.63) is 65.7 Å². The molecule has 0 aliphatic carbocycles. The van der Waals surface area contributed by atoms with Gasteiger partial charge in [-0.25, -0.2) is 9.59 Å². The molecule has 0 aromatic heterocycles. The molecule has 3 amide bonds. The first kappa shape index (κ1) is 22.3. The van der Waals surface area contributed by atoms with E-state index < -0.39 is 24.6 Å². The van der Waals surface area contributed by atoms with E-state index in [1.807, 2.05) is 60.9 Å². The maximum atomic E-state index is 12.4. The van der Waals surface area contributed by atoms with Crippen molar-refractivity contribution in [1.29, 1.82) is 0 Å². The van der Waals surface area contributed by atoms with E-state index in [0.29, 0.717) is 6.54 Å². The van der Waals surface area contributed by atoms with Crippen LogP contribution in [-0.4, -0.2) is 48.8 Å². The number of likely N-dealkylation sites (N-methyl/N-ethyl adjacent to an activating group) is 1. The average molecular weight is 416 g/mol. The lowest BCUT2D eigenvalue weighted by molar-refractivity contribution is -0.153. The Morgan fingerprint density at radius 2 is 1.72 bits per heavy atom. The number of ether oxygens (including phenoxy) is 1. The van der Waals surface area contributed by atoms with Crippen molar-refractivity contribution in [1.82, 2.24) is 10.2 Å². The molecule has 154 valence electrons. The van der Waals surface area contributed by atoms with Crippen LogP contribution in [0.1, 0.15) is 11.1 Å². The van der Waals surface area contributed by atoms with Crippen LogP contribution < -0.4 is 11.1 Å². The molecule has 1 atom stereocenters. The van der Waals surface area contributed by atoms with Crippen molar-refractivity contribution in [3.63, 3.8) is 0 Å². The number of rotatable bonds is 9. The van der Waals surface area contributed by atoms with E-state index >= 15 is 0 Å². The first-order valence-corrected chi connectivity index (χ1v) is 10.2. The van der Waals surface area contributed by atoms with Gasteiger partial charge in [0, 0.05) is 24.9 Å². The van der Waals surface area contributed by atoms with E-state index in [-0.39, 0.29) is 12.3 Å². The Labute approximate surface area is 174 Å². The van der Waals surface area contributed by atoms with Gasteiger partial charge in [-0.05, 0) is 29.5 Å². The highest BCUT2D eigenvalue weighted by atomic mass is 32.2. The van der Waals surface area contributed by atoms with Crippen LogP contribution in [0.2, 0.25) is 0 Å². The summed E-state index contributed by atoms with van der Waals surface area (Å²) in [5.74, 6) is -1.05. The Bertz CT molecular complexity index is 828. The van der Waals surface area contributed by atoms with Crippen LogP contribution in [0.3, 0.4) is 0 Å². The van der Waals surface area contributed by atoms with Crippen molar-refractivity contribution >= 4 is 29.7 Å². The minimum atomic E-state index is -0.966. The van der Waals surface area contributed by atoms with E-state index in [1.165, 1.54) is 4.90 Å². The van der Waals surface area contributed by atoms with Gasteiger partial charge in [0.05, 0.1) is 0 Å². The summed E-state index contributed by atoms with van der Waals surface area (Å²) in [4.78, 5) is 38.5. The van der Waals surface area contributed by atoms with Gasteiger partial charge >= 0.3 is 12.0 Å². The molecule has 0 spiro atoms. The summed E-state index contributed by atoms with van der Waals surface area (Å²) in [7, 11) is 1.64. The third-order valence-electron chi connectivity index (χ3n) is 4.23. The fraction of sp³-hybridized carbons (Fsp3) is 0.286. The van der Waals surface area contributed by atoms with E-state index in [1.54, 1.807) is 18.8 Å². The molecule has 0 heterocycles. The molecular weight excluding hydrogens is 390 g/mol. The molecule has 8 heteroatoms. The number of hydrogen-bond acceptors (Lipinski definition) is 5. The van der Waals surface area contributed by atoms with Crippen molar-refractivity contribution in [2.24, 2.45) is 5.73 Å². The Kier molecular flexibility index (Phi) is 8.54. The van der Waals surface area contributed by atoms with Gasteiger partial charge in [-0.15, -0.1) is 11.8 Å². The Morgan fingerprint density at radius 1 is 1.07 bits per heavy atom. The number of carbonyl (C=O) groups is 3. The zero-order valence-electron chi connectivity index (χ0n) is 16.5. The minimum absolute atomic E-state index is 0.217. The average Bonchev–Trinajstić information content (AvgIpc) is 2.72. The number of esters is 1. The van der Waals surface area contributed by atoms with Gasteiger partial charge < -0.3 is 20.7 Å². The van der Waals surface area contributed by atoms with Crippen LogP contribution in [0.25, 0.3) is 0 Å². The minimum Gasteiger partial charge on any atom is -0.454 e.